The van der Waals surface area contributed by atoms with Crippen LogP contribution in [0.1, 0.15) is 0 Å². The second-order valence-corrected chi connectivity index (χ2v) is 23.9. The largest absolute Gasteiger partial charge is 0.492 e. The lowest BCUT2D eigenvalue weighted by molar-refractivity contribution is -0.384. The van der Waals surface area contributed by atoms with Crippen molar-refractivity contribution in [2.45, 2.75) is 4.90 Å². The molecule has 13 aromatic rings. The average Bonchev–Trinajstić information content (AvgIpc) is 0.844. The monoisotopic (exact) mass is 1220 g/mol. The smallest absolute Gasteiger partial charge is 0.269 e. The van der Waals surface area contributed by atoms with E-state index in [1.54, 1.807) is 14.2 Å². The van der Waals surface area contributed by atoms with E-state index in [-0.39, 0.29) is 50.5 Å². The number of hydrogen-bond acceptors (Lipinski definition) is 10. The molecule has 13 heteroatoms. The van der Waals surface area contributed by atoms with Crippen LogP contribution in [0.25, 0.3) is 110 Å². The topological polar surface area (TPSA) is 136 Å². The Balaban J connectivity index is 0.894. The van der Waals surface area contributed by atoms with E-state index >= 15 is 8.42 Å². The fourth-order valence-electron chi connectivity index (χ4n) is 12.0. The molecule has 13 aromatic carbocycles. The van der Waals surface area contributed by atoms with E-state index in [0.29, 0.717) is 23.0 Å². The van der Waals surface area contributed by atoms with E-state index in [2.05, 4.69) is 121 Å². The molecule has 0 aromatic heterocycles. The van der Waals surface area contributed by atoms with Gasteiger partial charge in [0.05, 0.1) is 9.82 Å². The standard InChI is InChI=1S/C78H62N2O10S/c1-85-51-89-73-41-29-63-49-59(55-19-11-5-12-20-55)25-37-69(63)77(73)75-67-35-23-57(53-15-7-3-8-16-53)47-61(67)27-39-71(75)87-45-43-79(91(83,84)66-33-31-65(32-34-66)80(81)82)44-46-88-72-40-28-62-48-58(54-17-9-4-10-18-54)24-36-68(62)76(72)78-70-38-26-60(56-21-13-6-14-22-56)50-64(70)30-42-74(78)90-52-86-2/h3-42,47-50H,43-46,51-52H2,1-2H3. The molecule has 12 nitrogen and oxygen atoms in total. The first-order valence-electron chi connectivity index (χ1n) is 29.9. The van der Waals surface area contributed by atoms with Crippen molar-refractivity contribution in [3.63, 3.8) is 0 Å². The number of sulfonamides is 1. The molecule has 0 saturated carbocycles. The third-order valence-corrected chi connectivity index (χ3v) is 18.3. The van der Waals surface area contributed by atoms with Gasteiger partial charge in [-0.3, -0.25) is 10.1 Å². The van der Waals surface area contributed by atoms with Crippen LogP contribution in [0.15, 0.2) is 272 Å². The highest BCUT2D eigenvalue weighted by Gasteiger charge is 2.28. The molecule has 0 bridgehead atoms. The maximum atomic E-state index is 15.2. The number of hydrogen-bond donors (Lipinski definition) is 0. The molecule has 0 amide bonds. The van der Waals surface area contributed by atoms with Crippen molar-refractivity contribution in [1.29, 1.82) is 0 Å². The molecule has 0 N–H and O–H groups in total. The first kappa shape index (κ1) is 59.3. The van der Waals surface area contributed by atoms with E-state index in [9.17, 15) is 10.1 Å². The number of nitro benzene ring substituents is 1. The van der Waals surface area contributed by atoms with Crippen LogP contribution in [0, 0.1) is 10.1 Å². The lowest BCUT2D eigenvalue weighted by Gasteiger charge is -2.24. The van der Waals surface area contributed by atoms with Crippen LogP contribution in [0.3, 0.4) is 0 Å². The first-order valence-corrected chi connectivity index (χ1v) is 31.3. The molecule has 0 aliphatic rings. The summed E-state index contributed by atoms with van der Waals surface area (Å²) < 4.78 is 69.3. The molecule has 0 spiro atoms. The Bertz CT molecular complexity index is 4630. The van der Waals surface area contributed by atoms with Crippen LogP contribution in [-0.4, -0.2) is 71.8 Å². The van der Waals surface area contributed by atoms with Gasteiger partial charge >= 0.3 is 0 Å². The quantitative estimate of drug-likeness (QED) is 0.0346. The van der Waals surface area contributed by atoms with Crippen molar-refractivity contribution >= 4 is 58.8 Å². The Labute approximate surface area is 527 Å². The molecule has 0 aliphatic heterocycles. The van der Waals surface area contributed by atoms with Crippen LogP contribution in [-0.2, 0) is 19.5 Å². The van der Waals surface area contributed by atoms with Gasteiger partial charge < -0.3 is 28.4 Å². The van der Waals surface area contributed by atoms with Crippen LogP contribution in [0.2, 0.25) is 0 Å². The lowest BCUT2D eigenvalue weighted by Crippen LogP contribution is -2.37. The summed E-state index contributed by atoms with van der Waals surface area (Å²) in [7, 11) is -1.21. The fourth-order valence-corrected chi connectivity index (χ4v) is 13.4. The number of ether oxygens (including phenoxy) is 6. The number of methoxy groups -OCH3 is 2. The van der Waals surface area contributed by atoms with Crippen molar-refractivity contribution < 1.29 is 41.8 Å². The van der Waals surface area contributed by atoms with Crippen molar-refractivity contribution in [3.05, 3.63) is 277 Å². The minimum Gasteiger partial charge on any atom is -0.492 e. The molecule has 0 fully saturated rings. The number of nitrogens with zero attached hydrogens (tertiary/aromatic N) is 2. The normalized spacial score (nSPS) is 11.6. The van der Waals surface area contributed by atoms with Crippen molar-refractivity contribution in [3.8, 4) is 89.8 Å². The summed E-state index contributed by atoms with van der Waals surface area (Å²) in [6.45, 7) is -0.566. The number of fused-ring (bicyclic) bond motifs is 4. The van der Waals surface area contributed by atoms with Gasteiger partial charge in [-0.15, -0.1) is 0 Å². The Hall–Kier alpha value is -10.7. The number of rotatable bonds is 23. The molecule has 0 saturated heterocycles. The van der Waals surface area contributed by atoms with Gasteiger partial charge in [-0.25, -0.2) is 8.42 Å². The second-order valence-electron chi connectivity index (χ2n) is 21.9. The van der Waals surface area contributed by atoms with Gasteiger partial charge in [0.15, 0.2) is 13.6 Å². The third kappa shape index (κ3) is 12.4. The van der Waals surface area contributed by atoms with E-state index in [1.165, 1.54) is 28.6 Å². The van der Waals surface area contributed by atoms with Crippen LogP contribution in [0.5, 0.6) is 23.0 Å². The Morgan fingerprint density at radius 1 is 0.352 bits per heavy atom. The lowest BCUT2D eigenvalue weighted by atomic mass is 9.90. The minimum atomic E-state index is -4.37. The zero-order chi connectivity index (χ0) is 62.3. The zero-order valence-electron chi connectivity index (χ0n) is 50.0. The summed E-state index contributed by atoms with van der Waals surface area (Å²) >= 11 is 0. The highest BCUT2D eigenvalue weighted by Crippen LogP contribution is 2.49. The first-order chi connectivity index (χ1) is 44.6. The SMILES string of the molecule is COCOc1ccc2cc(-c3ccccc3)ccc2c1-c1c(OCCN(CCOc2ccc3cc(-c4ccccc4)ccc3c2-c2c(OCOC)ccc3cc(-c4ccccc4)ccc23)S(=O)(=O)c2ccc([N+](=O)[O-])cc2)ccc2cc(-c3ccccc3)ccc12. The third-order valence-electron chi connectivity index (χ3n) is 16.4. The van der Waals surface area contributed by atoms with Crippen molar-refractivity contribution in [2.75, 3.05) is 54.1 Å². The molecule has 0 radical (unpaired) electrons. The maximum absolute atomic E-state index is 15.2. The van der Waals surface area contributed by atoms with Gasteiger partial charge in [0.1, 0.15) is 36.2 Å². The van der Waals surface area contributed by atoms with Gasteiger partial charge in [0.25, 0.3) is 5.69 Å². The molecule has 0 aliphatic carbocycles. The fraction of sp³-hybridized carbons (Fsp3) is 0.103. The molecule has 0 heterocycles. The minimum absolute atomic E-state index is 0.0204. The van der Waals surface area contributed by atoms with Crippen molar-refractivity contribution in [2.24, 2.45) is 0 Å². The Morgan fingerprint density at radius 3 is 0.934 bits per heavy atom. The molecule has 0 atom stereocenters. The van der Waals surface area contributed by atoms with Gasteiger partial charge in [-0.05, 0) is 148 Å². The van der Waals surface area contributed by atoms with E-state index in [1.807, 2.05) is 121 Å². The predicted molar refractivity (Wildman–Crippen MR) is 363 cm³/mol. The molecular weight excluding hydrogens is 1160 g/mol. The summed E-state index contributed by atoms with van der Waals surface area (Å²) in [5.41, 5.74) is 11.2. The Kier molecular flexibility index (Phi) is 17.3. The maximum Gasteiger partial charge on any atom is 0.269 e. The summed E-state index contributed by atoms with van der Waals surface area (Å²) in [5, 5.41) is 19.2. The highest BCUT2D eigenvalue weighted by molar-refractivity contribution is 7.89. The van der Waals surface area contributed by atoms with Crippen molar-refractivity contribution in [1.82, 2.24) is 4.31 Å². The second kappa shape index (κ2) is 26.6. The summed E-state index contributed by atoms with van der Waals surface area (Å²) in [6, 6.07) is 87.0. The van der Waals surface area contributed by atoms with Gasteiger partial charge in [0, 0.05) is 61.7 Å². The van der Waals surface area contributed by atoms with Crippen LogP contribution < -0.4 is 18.9 Å². The Morgan fingerprint density at radius 2 is 0.648 bits per heavy atom. The van der Waals surface area contributed by atoms with E-state index in [0.717, 1.165) is 110 Å². The van der Waals surface area contributed by atoms with Gasteiger partial charge in [0.2, 0.25) is 10.0 Å². The average molecular weight is 1220 g/mol. The predicted octanol–water partition coefficient (Wildman–Crippen LogP) is 18.3. The van der Waals surface area contributed by atoms with E-state index < -0.39 is 14.9 Å². The summed E-state index contributed by atoms with van der Waals surface area (Å²) in [6.07, 6.45) is 0. The van der Waals surface area contributed by atoms with E-state index in [4.69, 9.17) is 28.4 Å². The molecular formula is C78H62N2O10S. The number of nitro groups is 1. The van der Waals surface area contributed by atoms with Crippen LogP contribution in [0.4, 0.5) is 5.69 Å². The van der Waals surface area contributed by atoms with Crippen LogP contribution >= 0.6 is 0 Å². The molecule has 91 heavy (non-hydrogen) atoms. The summed E-state index contributed by atoms with van der Waals surface area (Å²) in [4.78, 5) is 11.2. The molecule has 0 unspecified atom stereocenters. The zero-order valence-corrected chi connectivity index (χ0v) is 50.8. The number of benzene rings is 13. The molecule has 13 rings (SSSR count). The summed E-state index contributed by atoms with van der Waals surface area (Å²) in [5.74, 6) is 2.10. The van der Waals surface area contributed by atoms with Gasteiger partial charge in [-0.2, -0.15) is 4.31 Å². The molecule has 450 valence electrons. The number of non-ortho nitro benzene ring substituents is 1. The highest BCUT2D eigenvalue weighted by atomic mass is 32.2. The van der Waals surface area contributed by atoms with Gasteiger partial charge in [-0.1, -0.05) is 194 Å².